The second-order valence-corrected chi connectivity index (χ2v) is 3.32. The monoisotopic (exact) mass is 220 g/mol. The Labute approximate surface area is 87.0 Å². The van der Waals surface area contributed by atoms with Gasteiger partial charge in [0.1, 0.15) is 18.5 Å². The molecule has 1 aromatic rings. The molecular formula is C9H10Cl2O2. The fraction of sp³-hybridized carbons (Fsp3) is 0.333. The van der Waals surface area contributed by atoms with Gasteiger partial charge in [-0.2, -0.15) is 0 Å². The molecule has 1 rings (SSSR count). The van der Waals surface area contributed by atoms with Crippen LogP contribution in [-0.4, -0.2) is 23.7 Å². The summed E-state index contributed by atoms with van der Waals surface area (Å²) >= 11 is 11.1. The van der Waals surface area contributed by atoms with Crippen LogP contribution in [0.4, 0.5) is 0 Å². The van der Waals surface area contributed by atoms with Gasteiger partial charge < -0.3 is 9.84 Å². The van der Waals surface area contributed by atoms with Crippen LogP contribution in [-0.2, 0) is 0 Å². The molecule has 2 nitrogen and oxygen atoms in total. The molecule has 0 amide bonds. The maximum atomic E-state index is 9.09. The van der Waals surface area contributed by atoms with Gasteiger partial charge in [-0.25, -0.2) is 0 Å². The molecule has 1 unspecified atom stereocenters. The van der Waals surface area contributed by atoms with Crippen molar-refractivity contribution in [1.29, 1.82) is 0 Å². The van der Waals surface area contributed by atoms with E-state index < -0.39 is 6.10 Å². The van der Waals surface area contributed by atoms with Crippen molar-refractivity contribution >= 4 is 23.2 Å². The second kappa shape index (κ2) is 5.32. The van der Waals surface area contributed by atoms with Gasteiger partial charge in [-0.05, 0) is 24.3 Å². The lowest BCUT2D eigenvalue weighted by atomic mass is 10.3. The topological polar surface area (TPSA) is 29.5 Å². The molecule has 0 saturated heterocycles. The number of aliphatic hydroxyl groups is 1. The molecule has 0 aromatic heterocycles. The fourth-order valence-electron chi connectivity index (χ4n) is 0.768. The summed E-state index contributed by atoms with van der Waals surface area (Å²) in [7, 11) is 0. The zero-order chi connectivity index (χ0) is 9.68. The molecule has 1 atom stereocenters. The van der Waals surface area contributed by atoms with Gasteiger partial charge in [-0.3, -0.25) is 0 Å². The molecule has 1 aromatic carbocycles. The lowest BCUT2D eigenvalue weighted by molar-refractivity contribution is 0.125. The average Bonchev–Trinajstić information content (AvgIpc) is 2.16. The Morgan fingerprint density at radius 2 is 1.92 bits per heavy atom. The molecule has 0 bridgehead atoms. The molecule has 0 aliphatic rings. The number of rotatable bonds is 4. The van der Waals surface area contributed by atoms with Crippen molar-refractivity contribution in [2.45, 2.75) is 6.10 Å². The van der Waals surface area contributed by atoms with Crippen molar-refractivity contribution in [3.05, 3.63) is 29.3 Å². The molecule has 0 fully saturated rings. The minimum Gasteiger partial charge on any atom is -0.491 e. The van der Waals surface area contributed by atoms with E-state index in [-0.39, 0.29) is 12.5 Å². The number of benzene rings is 1. The molecule has 72 valence electrons. The number of halogens is 2. The number of alkyl halides is 1. The van der Waals surface area contributed by atoms with Crippen LogP contribution in [0, 0.1) is 0 Å². The summed E-state index contributed by atoms with van der Waals surface area (Å²) in [6.07, 6.45) is -0.627. The number of aliphatic hydroxyl groups excluding tert-OH is 1. The minimum atomic E-state index is -0.627. The quantitative estimate of drug-likeness (QED) is 0.790. The Morgan fingerprint density at radius 1 is 1.31 bits per heavy atom. The Hall–Kier alpha value is -0.440. The highest BCUT2D eigenvalue weighted by atomic mass is 35.5. The molecule has 0 aliphatic carbocycles. The number of hydrogen-bond donors (Lipinski definition) is 1. The van der Waals surface area contributed by atoms with E-state index in [0.29, 0.717) is 10.8 Å². The van der Waals surface area contributed by atoms with Crippen LogP contribution in [0.2, 0.25) is 5.02 Å². The number of hydrogen-bond acceptors (Lipinski definition) is 2. The largest absolute Gasteiger partial charge is 0.491 e. The summed E-state index contributed by atoms with van der Waals surface area (Å²) < 4.78 is 5.22. The zero-order valence-corrected chi connectivity index (χ0v) is 8.42. The first-order valence-electron chi connectivity index (χ1n) is 3.85. The SMILES string of the molecule is OC(CCl)COc1ccc(Cl)cc1. The highest BCUT2D eigenvalue weighted by Gasteiger charge is 2.02. The molecule has 4 heteroatoms. The minimum absolute atomic E-state index is 0.174. The van der Waals surface area contributed by atoms with E-state index in [2.05, 4.69) is 0 Å². The fourth-order valence-corrected chi connectivity index (χ4v) is 0.983. The third-order valence-corrected chi connectivity index (χ3v) is 2.04. The van der Waals surface area contributed by atoms with Gasteiger partial charge in [0.25, 0.3) is 0 Å². The van der Waals surface area contributed by atoms with Gasteiger partial charge in [-0.15, -0.1) is 11.6 Å². The summed E-state index contributed by atoms with van der Waals surface area (Å²) in [4.78, 5) is 0. The lowest BCUT2D eigenvalue weighted by Gasteiger charge is -2.08. The van der Waals surface area contributed by atoms with Crippen LogP contribution in [0.5, 0.6) is 5.75 Å². The molecule has 0 saturated carbocycles. The molecular weight excluding hydrogens is 211 g/mol. The molecule has 0 heterocycles. The maximum Gasteiger partial charge on any atom is 0.119 e. The average molecular weight is 221 g/mol. The predicted molar refractivity (Wildman–Crippen MR) is 53.7 cm³/mol. The van der Waals surface area contributed by atoms with Crippen molar-refractivity contribution < 1.29 is 9.84 Å². The van der Waals surface area contributed by atoms with Gasteiger partial charge in [-0.1, -0.05) is 11.6 Å². The van der Waals surface area contributed by atoms with Gasteiger partial charge in [0, 0.05) is 5.02 Å². The zero-order valence-electron chi connectivity index (χ0n) is 6.91. The Kier molecular flexibility index (Phi) is 4.36. The Balaban J connectivity index is 2.41. The van der Waals surface area contributed by atoms with E-state index in [0.717, 1.165) is 0 Å². The second-order valence-electron chi connectivity index (χ2n) is 2.57. The normalized spacial score (nSPS) is 12.5. The number of ether oxygens (including phenoxy) is 1. The lowest BCUT2D eigenvalue weighted by Crippen LogP contribution is -2.18. The van der Waals surface area contributed by atoms with Crippen LogP contribution >= 0.6 is 23.2 Å². The van der Waals surface area contributed by atoms with E-state index in [1.165, 1.54) is 0 Å². The van der Waals surface area contributed by atoms with Crippen LogP contribution in [0.3, 0.4) is 0 Å². The van der Waals surface area contributed by atoms with Crippen LogP contribution in [0.25, 0.3) is 0 Å². The first kappa shape index (κ1) is 10.6. The first-order valence-corrected chi connectivity index (χ1v) is 4.76. The Bertz CT molecular complexity index is 248. The van der Waals surface area contributed by atoms with E-state index in [9.17, 15) is 0 Å². The van der Waals surface area contributed by atoms with Crippen molar-refractivity contribution in [2.24, 2.45) is 0 Å². The van der Waals surface area contributed by atoms with Crippen LogP contribution < -0.4 is 4.74 Å². The highest BCUT2D eigenvalue weighted by molar-refractivity contribution is 6.30. The summed E-state index contributed by atoms with van der Waals surface area (Å²) in [6, 6.07) is 6.93. The smallest absolute Gasteiger partial charge is 0.119 e. The van der Waals surface area contributed by atoms with Gasteiger partial charge >= 0.3 is 0 Å². The molecule has 0 spiro atoms. The van der Waals surface area contributed by atoms with Crippen LogP contribution in [0.1, 0.15) is 0 Å². The summed E-state index contributed by atoms with van der Waals surface area (Å²) in [5.74, 6) is 0.849. The van der Waals surface area contributed by atoms with Gasteiger partial charge in [0.15, 0.2) is 0 Å². The van der Waals surface area contributed by atoms with Crippen molar-refractivity contribution in [1.82, 2.24) is 0 Å². The van der Waals surface area contributed by atoms with E-state index in [4.69, 9.17) is 33.0 Å². The van der Waals surface area contributed by atoms with Crippen molar-refractivity contribution in [3.63, 3.8) is 0 Å². The third kappa shape index (κ3) is 3.85. The summed E-state index contributed by atoms with van der Waals surface area (Å²) in [5, 5.41) is 9.75. The first-order chi connectivity index (χ1) is 6.22. The van der Waals surface area contributed by atoms with Crippen LogP contribution in [0.15, 0.2) is 24.3 Å². The molecule has 0 aliphatic heterocycles. The maximum absolute atomic E-state index is 9.09. The predicted octanol–water partition coefficient (Wildman–Crippen LogP) is 2.32. The third-order valence-electron chi connectivity index (χ3n) is 1.43. The highest BCUT2D eigenvalue weighted by Crippen LogP contribution is 2.15. The standard InChI is InChI=1S/C9H10Cl2O2/c10-5-8(12)6-13-9-3-1-7(11)2-4-9/h1-4,8,12H,5-6H2. The van der Waals surface area contributed by atoms with E-state index >= 15 is 0 Å². The van der Waals surface area contributed by atoms with Gasteiger partial charge in [0.05, 0.1) is 5.88 Å². The molecule has 0 radical (unpaired) electrons. The Morgan fingerprint density at radius 3 is 2.46 bits per heavy atom. The van der Waals surface area contributed by atoms with Gasteiger partial charge in [0.2, 0.25) is 0 Å². The summed E-state index contributed by atoms with van der Waals surface area (Å²) in [5.41, 5.74) is 0. The van der Waals surface area contributed by atoms with Crippen molar-refractivity contribution in [2.75, 3.05) is 12.5 Å². The molecule has 1 N–H and O–H groups in total. The van der Waals surface area contributed by atoms with E-state index in [1.54, 1.807) is 24.3 Å². The summed E-state index contributed by atoms with van der Waals surface area (Å²) in [6.45, 7) is 0.200. The van der Waals surface area contributed by atoms with E-state index in [1.807, 2.05) is 0 Å². The molecule has 13 heavy (non-hydrogen) atoms. The van der Waals surface area contributed by atoms with Crippen molar-refractivity contribution in [3.8, 4) is 5.75 Å².